The van der Waals surface area contributed by atoms with Crippen LogP contribution in [0.5, 0.6) is 11.5 Å². The van der Waals surface area contributed by atoms with Crippen LogP contribution in [0, 0.1) is 11.8 Å². The molecule has 1 aromatic heterocycles. The molecule has 27 nitrogen and oxygen atoms in total. The summed E-state index contributed by atoms with van der Waals surface area (Å²) in [6.45, 7) is 7.34. The first-order valence-electron chi connectivity index (χ1n) is 31.9. The van der Waals surface area contributed by atoms with Crippen molar-refractivity contribution in [2.75, 3.05) is 79.5 Å². The van der Waals surface area contributed by atoms with Crippen molar-refractivity contribution >= 4 is 70.0 Å². The number of carbonyl (C=O) groups excluding carboxylic acids is 10. The summed E-state index contributed by atoms with van der Waals surface area (Å²) >= 11 is 0. The number of ether oxygens (including phenoxy) is 3. The van der Waals surface area contributed by atoms with Crippen LogP contribution >= 0.6 is 0 Å². The standard InChI is InChI=1S/C66H95N11O16/c1-6-46-13-9-10-27-76(43(4)79)28-11-12-29-77(40-59(83)70-53(36-44-16-20-48(80)21-17-44)61(85)68-26-30-92-33-34-93-32-31-91-5)66(90)56(35-42(2)3)74-63(87)54(37-45-18-22-49(81)23-19-45)73-62(86)52(24-25-58(67)82)71-65(89)57(41-78)75-64(88)55(72-60(46)84)38-47-39-69-51-15-8-7-14-50(47)51/h7-8,14-23,39,42,46,52-57,69,78,80-81H,6,9-13,24-38,40-41H2,1-5H3,(H2,67,82)(H,68,85)(H,70,83)(H,71,89)(H,72,84)(H,73,86)(H,74,87)(H,75,88)/t46-,52-,53-,54?,55-,56-,57?/m0/s1. The van der Waals surface area contributed by atoms with Crippen LogP contribution in [-0.4, -0.2) is 205 Å². The van der Waals surface area contributed by atoms with Crippen LogP contribution in [0.3, 0.4) is 0 Å². The fourth-order valence-corrected chi connectivity index (χ4v) is 10.7. The van der Waals surface area contributed by atoms with E-state index in [-0.39, 0.29) is 88.3 Å². The van der Waals surface area contributed by atoms with Crippen molar-refractivity contribution in [2.24, 2.45) is 17.6 Å². The number of aromatic hydroxyl groups is 2. The average Bonchev–Trinajstić information content (AvgIpc) is 1.81. The van der Waals surface area contributed by atoms with Gasteiger partial charge in [-0.15, -0.1) is 0 Å². The van der Waals surface area contributed by atoms with Gasteiger partial charge in [-0.05, 0) is 97.9 Å². The number of para-hydroxylation sites is 1. The first-order chi connectivity index (χ1) is 44.6. The number of rotatable bonds is 26. The predicted molar refractivity (Wildman–Crippen MR) is 344 cm³/mol. The second kappa shape index (κ2) is 39.7. The lowest BCUT2D eigenvalue weighted by atomic mass is 9.96. The maximum absolute atomic E-state index is 15.2. The van der Waals surface area contributed by atoms with Crippen molar-refractivity contribution in [2.45, 2.75) is 141 Å². The second-order valence-electron chi connectivity index (χ2n) is 23.6. The zero-order valence-corrected chi connectivity index (χ0v) is 54.0. The summed E-state index contributed by atoms with van der Waals surface area (Å²) in [5.41, 5.74) is 8.00. The molecule has 0 spiro atoms. The third-order valence-corrected chi connectivity index (χ3v) is 15.9. The Hall–Kier alpha value is -8.66. The molecule has 13 N–H and O–H groups in total. The van der Waals surface area contributed by atoms with Crippen molar-refractivity contribution in [3.63, 3.8) is 0 Å². The van der Waals surface area contributed by atoms with Crippen LogP contribution < -0.4 is 43.0 Å². The van der Waals surface area contributed by atoms with Crippen LogP contribution in [0.1, 0.15) is 102 Å². The van der Waals surface area contributed by atoms with Gasteiger partial charge < -0.3 is 87.3 Å². The molecular formula is C66H95N11O16. The molecule has 510 valence electrons. The lowest BCUT2D eigenvalue weighted by Crippen LogP contribution is -2.60. The molecule has 10 amide bonds. The van der Waals surface area contributed by atoms with Crippen molar-refractivity contribution in [3.05, 3.63) is 95.7 Å². The summed E-state index contributed by atoms with van der Waals surface area (Å²) in [6, 6.07) is 10.4. The smallest absolute Gasteiger partial charge is 0.245 e. The Morgan fingerprint density at radius 2 is 1.24 bits per heavy atom. The number of phenolic OH excluding ortho intramolecular Hbond substituents is 2. The Labute approximate surface area is 542 Å². The van der Waals surface area contributed by atoms with Gasteiger partial charge in [-0.1, -0.05) is 69.7 Å². The highest BCUT2D eigenvalue weighted by molar-refractivity contribution is 5.98. The van der Waals surface area contributed by atoms with Gasteiger partial charge in [0.15, 0.2) is 0 Å². The van der Waals surface area contributed by atoms with E-state index in [9.17, 15) is 58.5 Å². The minimum absolute atomic E-state index is 0.0160. The molecule has 5 rings (SSSR count). The number of phenols is 2. The number of methoxy groups -OCH3 is 1. The highest BCUT2D eigenvalue weighted by Crippen LogP contribution is 2.22. The number of fused-ring (bicyclic) bond motifs is 1. The van der Waals surface area contributed by atoms with Gasteiger partial charge >= 0.3 is 0 Å². The van der Waals surface area contributed by atoms with Crippen molar-refractivity contribution in [3.8, 4) is 11.5 Å². The van der Waals surface area contributed by atoms with Crippen LogP contribution in [0.4, 0.5) is 0 Å². The van der Waals surface area contributed by atoms with Crippen LogP contribution in [0.15, 0.2) is 79.0 Å². The maximum Gasteiger partial charge on any atom is 0.245 e. The third-order valence-electron chi connectivity index (χ3n) is 15.9. The molecule has 7 atom stereocenters. The van der Waals surface area contributed by atoms with E-state index in [2.05, 4.69) is 42.2 Å². The number of aromatic amines is 1. The molecule has 27 heteroatoms. The Kier molecular flexibility index (Phi) is 32.0. The van der Waals surface area contributed by atoms with Gasteiger partial charge in [-0.3, -0.25) is 47.9 Å². The number of hydrogen-bond acceptors (Lipinski definition) is 16. The van der Waals surface area contributed by atoms with Crippen molar-refractivity contribution in [1.29, 1.82) is 0 Å². The highest BCUT2D eigenvalue weighted by atomic mass is 16.5. The summed E-state index contributed by atoms with van der Waals surface area (Å²) in [5.74, 6) is -8.32. The number of aliphatic hydroxyl groups excluding tert-OH is 1. The zero-order chi connectivity index (χ0) is 67.8. The average molecular weight is 1300 g/mol. The SMILES string of the molecule is CC[C@H]1CCCCN(C(C)=O)CCCCN(CC(=O)N[C@@H](Cc2ccc(O)cc2)C(=O)NCCOCCOCCOC)C(=O)[C@H](CC(C)C)NC(=O)C(Cc2ccc(O)cc2)NC(=O)[C@H](CCC(N)=O)NC(=O)C(CO)NC(=O)[C@H](Cc2c[nH]c3ccccc23)NC1=O. The van der Waals surface area contributed by atoms with E-state index in [1.807, 2.05) is 45.0 Å². The molecule has 4 aromatic rings. The number of amides is 10. The largest absolute Gasteiger partial charge is 0.508 e. The summed E-state index contributed by atoms with van der Waals surface area (Å²) in [6.07, 6.45) is 2.91. The number of aromatic nitrogens is 1. The molecule has 0 radical (unpaired) electrons. The topological polar surface area (TPSA) is 392 Å². The molecule has 2 heterocycles. The number of primary amides is 1. The molecule has 1 saturated heterocycles. The zero-order valence-electron chi connectivity index (χ0n) is 54.0. The minimum atomic E-state index is -1.73. The van der Waals surface area contributed by atoms with E-state index in [1.54, 1.807) is 30.3 Å². The number of nitrogens with one attached hydrogen (secondary N) is 8. The van der Waals surface area contributed by atoms with Gasteiger partial charge in [-0.2, -0.15) is 0 Å². The van der Waals surface area contributed by atoms with Crippen LogP contribution in [0.2, 0.25) is 0 Å². The monoisotopic (exact) mass is 1300 g/mol. The van der Waals surface area contributed by atoms with E-state index < -0.39 is 121 Å². The van der Waals surface area contributed by atoms with E-state index in [4.69, 9.17) is 19.9 Å². The number of nitrogens with zero attached hydrogens (tertiary/aromatic N) is 2. The lowest BCUT2D eigenvalue weighted by Gasteiger charge is -2.31. The molecular weight excluding hydrogens is 1200 g/mol. The first kappa shape index (κ1) is 75.1. The first-order valence-corrected chi connectivity index (χ1v) is 31.9. The number of nitrogens with two attached hydrogens (primary N) is 1. The third kappa shape index (κ3) is 26.1. The number of benzene rings is 3. The van der Waals surface area contributed by atoms with E-state index in [0.717, 1.165) is 10.9 Å². The number of aliphatic hydroxyl groups is 1. The Balaban J connectivity index is 1.50. The quantitative estimate of drug-likeness (QED) is 0.0394. The van der Waals surface area contributed by atoms with E-state index >= 15 is 4.79 Å². The molecule has 1 fully saturated rings. The Bertz CT molecular complexity index is 3070. The maximum atomic E-state index is 15.2. The molecule has 0 aliphatic carbocycles. The molecule has 0 saturated carbocycles. The normalized spacial score (nSPS) is 20.2. The minimum Gasteiger partial charge on any atom is -0.508 e. The number of H-pyrrole nitrogens is 1. The number of hydrogen-bond donors (Lipinski definition) is 12. The lowest BCUT2D eigenvalue weighted by molar-refractivity contribution is -0.141. The molecule has 93 heavy (non-hydrogen) atoms. The molecule has 0 bridgehead atoms. The molecule has 1 aliphatic heterocycles. The Morgan fingerprint density at radius 3 is 1.87 bits per heavy atom. The molecule has 2 unspecified atom stereocenters. The van der Waals surface area contributed by atoms with Gasteiger partial charge in [0.05, 0.1) is 46.2 Å². The Morgan fingerprint density at radius 1 is 0.677 bits per heavy atom. The van der Waals surface area contributed by atoms with Gasteiger partial charge in [0.2, 0.25) is 59.1 Å². The van der Waals surface area contributed by atoms with Gasteiger partial charge in [0.25, 0.3) is 0 Å². The van der Waals surface area contributed by atoms with Crippen molar-refractivity contribution in [1.82, 2.24) is 52.0 Å². The van der Waals surface area contributed by atoms with Crippen LogP contribution in [0.25, 0.3) is 10.9 Å². The van der Waals surface area contributed by atoms with E-state index in [0.29, 0.717) is 75.2 Å². The molecule has 3 aromatic carbocycles. The van der Waals surface area contributed by atoms with Crippen LogP contribution in [-0.2, 0) is 81.4 Å². The van der Waals surface area contributed by atoms with Gasteiger partial charge in [0, 0.05) is 88.9 Å². The fourth-order valence-electron chi connectivity index (χ4n) is 10.7. The number of carbonyl (C=O) groups is 10. The second-order valence-corrected chi connectivity index (χ2v) is 23.6. The van der Waals surface area contributed by atoms with E-state index in [1.165, 1.54) is 48.2 Å². The van der Waals surface area contributed by atoms with Gasteiger partial charge in [0.1, 0.15) is 47.8 Å². The fraction of sp³-hybridized carbons (Fsp3) is 0.545. The summed E-state index contributed by atoms with van der Waals surface area (Å²) in [5, 5.41) is 50.6. The highest BCUT2D eigenvalue weighted by Gasteiger charge is 2.36. The van der Waals surface area contributed by atoms with Gasteiger partial charge in [-0.25, -0.2) is 0 Å². The van der Waals surface area contributed by atoms with Crippen molar-refractivity contribution < 1.29 is 77.5 Å². The predicted octanol–water partition coefficient (Wildman–Crippen LogP) is 1.28. The molecule has 1 aliphatic rings. The summed E-state index contributed by atoms with van der Waals surface area (Å²) in [7, 11) is 1.56. The summed E-state index contributed by atoms with van der Waals surface area (Å²) in [4.78, 5) is 147. The summed E-state index contributed by atoms with van der Waals surface area (Å²) < 4.78 is 16.0.